The van der Waals surface area contributed by atoms with Crippen LogP contribution in [0.2, 0.25) is 39.3 Å². The summed E-state index contributed by atoms with van der Waals surface area (Å²) in [5, 5.41) is 1.35. The van der Waals surface area contributed by atoms with Crippen LogP contribution in [0, 0.1) is 0 Å². The molecule has 1 rings (SSSR count). The quantitative estimate of drug-likeness (QED) is 0.541. The molecule has 102 valence electrons. The molecular formula is C14H26ClPSi2. The van der Waals surface area contributed by atoms with Gasteiger partial charge in [-0.1, -0.05) is 85.4 Å². The van der Waals surface area contributed by atoms with Crippen LogP contribution in [-0.2, 0) is 0 Å². The van der Waals surface area contributed by atoms with E-state index in [1.807, 2.05) is 0 Å². The number of hydrogen-bond donors (Lipinski definition) is 0. The zero-order valence-corrected chi connectivity index (χ0v) is 16.4. The number of hydrogen-bond acceptors (Lipinski definition) is 0. The Morgan fingerprint density at radius 3 is 1.61 bits per heavy atom. The van der Waals surface area contributed by atoms with Crippen LogP contribution >= 0.6 is 17.5 Å². The molecule has 0 nitrogen and oxygen atoms in total. The molecule has 0 N–H and O–H groups in total. The van der Waals surface area contributed by atoms with Crippen LogP contribution in [0.25, 0.3) is 0 Å². The summed E-state index contributed by atoms with van der Waals surface area (Å²) in [5.74, 6) is 0. The fourth-order valence-corrected chi connectivity index (χ4v) is 29.0. The fourth-order valence-electron chi connectivity index (χ4n) is 3.22. The summed E-state index contributed by atoms with van der Waals surface area (Å²) in [6.07, 6.45) is -1.64. The molecule has 4 heteroatoms. The van der Waals surface area contributed by atoms with Gasteiger partial charge in [-0.05, 0) is 18.2 Å². The number of rotatable bonds is 3. The maximum absolute atomic E-state index is 7.14. The Kier molecular flexibility index (Phi) is 4.82. The van der Waals surface area contributed by atoms with Crippen molar-refractivity contribution in [1.29, 1.82) is 0 Å². The Morgan fingerprint density at radius 1 is 0.889 bits per heavy atom. The lowest BCUT2D eigenvalue weighted by Crippen LogP contribution is -2.50. The van der Waals surface area contributed by atoms with Crippen LogP contribution in [0.4, 0.5) is 0 Å². The zero-order valence-electron chi connectivity index (χ0n) is 12.7. The lowest BCUT2D eigenvalue weighted by molar-refractivity contribution is 1.77. The minimum Gasteiger partial charge on any atom is -0.0939 e. The van der Waals surface area contributed by atoms with Crippen molar-refractivity contribution < 1.29 is 0 Å². The molecule has 1 unspecified atom stereocenters. The predicted molar refractivity (Wildman–Crippen MR) is 96.5 cm³/mol. The number of halogens is 1. The molecular weight excluding hydrogens is 291 g/mol. The second kappa shape index (κ2) is 5.32. The minimum atomic E-state index is -1.64. The van der Waals surface area contributed by atoms with Crippen LogP contribution in [0.3, 0.4) is 0 Å². The average molecular weight is 317 g/mol. The van der Waals surface area contributed by atoms with Gasteiger partial charge < -0.3 is 0 Å². The maximum atomic E-state index is 7.14. The molecule has 0 saturated carbocycles. The topological polar surface area (TPSA) is 0 Å². The Morgan fingerprint density at radius 2 is 1.28 bits per heavy atom. The molecule has 0 aromatic heterocycles. The van der Waals surface area contributed by atoms with Gasteiger partial charge in [0, 0.05) is 0 Å². The highest BCUT2D eigenvalue weighted by atomic mass is 35.7. The summed E-state index contributed by atoms with van der Waals surface area (Å²) >= 11 is 7.14. The van der Waals surface area contributed by atoms with Gasteiger partial charge in [0.2, 0.25) is 0 Å². The molecule has 1 aromatic carbocycles. The van der Waals surface area contributed by atoms with Gasteiger partial charge in [-0.15, -0.1) is 0 Å². The normalized spacial score (nSPS) is 16.2. The fraction of sp³-hybridized carbons (Fsp3) is 0.500. The summed E-state index contributed by atoms with van der Waals surface area (Å²) < 4.78 is 1.76. The van der Waals surface area contributed by atoms with Crippen LogP contribution in [-0.4, -0.2) is 27.4 Å². The first-order valence-corrected chi connectivity index (χ1v) is 16.6. The summed E-state index contributed by atoms with van der Waals surface area (Å²) in [6.45, 7) is 17.0. The van der Waals surface area contributed by atoms with E-state index in [1.54, 1.807) is 4.54 Å². The van der Waals surface area contributed by atoms with E-state index in [0.29, 0.717) is 0 Å². The Bertz CT molecular complexity index is 445. The van der Waals surface area contributed by atoms with Gasteiger partial charge in [0.05, 0.1) is 16.1 Å². The Labute approximate surface area is 120 Å². The molecule has 0 aliphatic heterocycles. The highest BCUT2D eigenvalue weighted by molar-refractivity contribution is 8.08. The van der Waals surface area contributed by atoms with Crippen LogP contribution in [0.15, 0.2) is 30.3 Å². The summed E-state index contributed by atoms with van der Waals surface area (Å²) in [6, 6.07) is 10.7. The molecule has 18 heavy (non-hydrogen) atoms. The van der Waals surface area contributed by atoms with Crippen molar-refractivity contribution in [2.75, 3.05) is 6.66 Å². The van der Waals surface area contributed by atoms with Crippen molar-refractivity contribution in [3.8, 4) is 0 Å². The van der Waals surface area contributed by atoms with Crippen molar-refractivity contribution in [3.63, 3.8) is 0 Å². The molecule has 0 fully saturated rings. The average Bonchev–Trinajstić information content (AvgIpc) is 2.13. The van der Waals surface area contributed by atoms with Gasteiger partial charge in [-0.2, -0.15) is 0 Å². The van der Waals surface area contributed by atoms with Crippen molar-refractivity contribution in [2.45, 2.75) is 39.3 Å². The third kappa shape index (κ3) is 3.63. The van der Waals surface area contributed by atoms with E-state index >= 15 is 0 Å². The highest BCUT2D eigenvalue weighted by Crippen LogP contribution is 2.52. The summed E-state index contributed by atoms with van der Waals surface area (Å²) in [5.41, 5.74) is 0. The van der Waals surface area contributed by atoms with Gasteiger partial charge in [-0.3, -0.25) is 0 Å². The van der Waals surface area contributed by atoms with Gasteiger partial charge in [0.25, 0.3) is 0 Å². The standard InChI is InChI=1S/C14H26ClPSi2/c1-16(15,13-11-9-8-10-12-13)14(17(2,3)4)18(5,6)7/h8-12H,1-7H3. The first-order valence-electron chi connectivity index (χ1n) is 6.47. The molecule has 0 radical (unpaired) electrons. The van der Waals surface area contributed by atoms with Crippen molar-refractivity contribution in [1.82, 2.24) is 0 Å². The van der Waals surface area contributed by atoms with E-state index in [2.05, 4.69) is 76.3 Å². The van der Waals surface area contributed by atoms with Gasteiger partial charge in [0.1, 0.15) is 0 Å². The first-order chi connectivity index (χ1) is 7.97. The molecule has 0 saturated heterocycles. The van der Waals surface area contributed by atoms with E-state index in [0.717, 1.165) is 0 Å². The molecule has 0 bridgehead atoms. The minimum absolute atomic E-state index is 1.34. The SMILES string of the molecule is C[Si](C)(C)C([Si](C)(C)C)=P(C)(Cl)c1ccccc1. The van der Waals surface area contributed by atoms with E-state index in [9.17, 15) is 0 Å². The lowest BCUT2D eigenvalue weighted by atomic mass is 10.4. The largest absolute Gasteiger partial charge is 0.0939 e. The van der Waals surface area contributed by atoms with E-state index in [1.165, 1.54) is 5.30 Å². The van der Waals surface area contributed by atoms with E-state index in [4.69, 9.17) is 11.2 Å². The van der Waals surface area contributed by atoms with Crippen LogP contribution in [0.1, 0.15) is 0 Å². The molecule has 1 aromatic rings. The van der Waals surface area contributed by atoms with Gasteiger partial charge >= 0.3 is 0 Å². The third-order valence-corrected chi connectivity index (χ3v) is 21.2. The monoisotopic (exact) mass is 316 g/mol. The predicted octanol–water partition coefficient (Wildman–Crippen LogP) is 5.04. The smallest absolute Gasteiger partial charge is 0.0701 e. The van der Waals surface area contributed by atoms with E-state index < -0.39 is 22.4 Å². The second-order valence-corrected chi connectivity index (χ2v) is 23.2. The summed E-state index contributed by atoms with van der Waals surface area (Å²) in [4.78, 5) is 0. The lowest BCUT2D eigenvalue weighted by Gasteiger charge is -2.37. The van der Waals surface area contributed by atoms with Crippen molar-refractivity contribution >= 4 is 43.5 Å². The van der Waals surface area contributed by atoms with Crippen molar-refractivity contribution in [3.05, 3.63) is 30.3 Å². The van der Waals surface area contributed by atoms with Crippen LogP contribution in [0.5, 0.6) is 0 Å². The first kappa shape index (κ1) is 16.3. The second-order valence-electron chi connectivity index (χ2n) is 7.08. The van der Waals surface area contributed by atoms with Crippen LogP contribution < -0.4 is 5.30 Å². The van der Waals surface area contributed by atoms with Gasteiger partial charge in [0.15, 0.2) is 0 Å². The molecule has 0 heterocycles. The Balaban J connectivity index is 3.64. The highest BCUT2D eigenvalue weighted by Gasteiger charge is 2.37. The third-order valence-electron chi connectivity index (χ3n) is 3.08. The molecule has 0 aliphatic rings. The van der Waals surface area contributed by atoms with Crippen molar-refractivity contribution in [2.24, 2.45) is 0 Å². The summed E-state index contributed by atoms with van der Waals surface area (Å²) in [7, 11) is -2.69. The molecule has 0 spiro atoms. The molecule has 1 atom stereocenters. The zero-order chi connectivity index (χ0) is 14.2. The van der Waals surface area contributed by atoms with Gasteiger partial charge in [-0.25, -0.2) is 0 Å². The Hall–Kier alpha value is 0.244. The molecule has 0 aliphatic carbocycles. The number of benzene rings is 1. The maximum Gasteiger partial charge on any atom is 0.0701 e. The molecule has 0 amide bonds. The van der Waals surface area contributed by atoms with E-state index in [-0.39, 0.29) is 0 Å².